The van der Waals surface area contributed by atoms with E-state index < -0.39 is 5.97 Å². The molecule has 0 aliphatic heterocycles. The Morgan fingerprint density at radius 2 is 0.871 bits per heavy atom. The summed E-state index contributed by atoms with van der Waals surface area (Å²) in [6.45, 7) is 2.82. The minimum absolute atomic E-state index is 0.0830. The molecule has 0 bridgehead atoms. The van der Waals surface area contributed by atoms with E-state index in [1.807, 2.05) is 0 Å². The van der Waals surface area contributed by atoms with Crippen LogP contribution in [0.5, 0.6) is 0 Å². The van der Waals surface area contributed by atoms with Crippen molar-refractivity contribution in [3.63, 3.8) is 0 Å². The van der Waals surface area contributed by atoms with Gasteiger partial charge in [-0.2, -0.15) is 0 Å². The summed E-state index contributed by atoms with van der Waals surface area (Å²) < 4.78 is 16.8. The van der Waals surface area contributed by atoms with Crippen LogP contribution in [0.25, 0.3) is 0 Å². The Hall–Kier alpha value is -1.13. The molecule has 0 aromatic carbocycles. The van der Waals surface area contributed by atoms with E-state index in [4.69, 9.17) is 4.74 Å². The fraction of sp³-hybridized carbons (Fsp3) is 0.923. The molecule has 0 atom stereocenters. The summed E-state index contributed by atoms with van der Waals surface area (Å²) in [5.41, 5.74) is 0. The molecular weight excluding hydrogens is 395 g/mol. The summed E-state index contributed by atoms with van der Waals surface area (Å²) in [6.07, 6.45) is 24.6. The third-order valence-corrected chi connectivity index (χ3v) is 5.86. The second-order valence-electron chi connectivity index (χ2n) is 8.89. The van der Waals surface area contributed by atoms with Crippen molar-refractivity contribution in [1.29, 1.82) is 0 Å². The van der Waals surface area contributed by atoms with Crippen LogP contribution in [0.3, 0.4) is 0 Å². The lowest BCUT2D eigenvalue weighted by molar-refractivity contribution is -0.183. The second kappa shape index (κ2) is 25.1. The molecule has 0 amide bonds. The van der Waals surface area contributed by atoms with Gasteiger partial charge >= 0.3 is 11.9 Å². The van der Waals surface area contributed by atoms with Gasteiger partial charge in [0.05, 0.1) is 6.61 Å². The number of rotatable bonds is 24. The predicted octanol–water partition coefficient (Wildman–Crippen LogP) is 8.56. The molecule has 184 valence electrons. The summed E-state index contributed by atoms with van der Waals surface area (Å²) in [6, 6.07) is 0. The van der Waals surface area contributed by atoms with Gasteiger partial charge in [0.1, 0.15) is 0 Å². The van der Waals surface area contributed by atoms with Crippen LogP contribution in [-0.4, -0.2) is 18.5 Å². The SMILES string of the molecule is CCCCCCCCCCCCCCCCOC(=O)CCCCCCCCC(=O)OF. The average molecular weight is 445 g/mol. The first-order chi connectivity index (χ1) is 15.2. The Kier molecular flexibility index (Phi) is 24.2. The van der Waals surface area contributed by atoms with Gasteiger partial charge in [-0.15, -0.1) is 0 Å². The number of carbonyl (C=O) groups excluding carboxylic acids is 2. The van der Waals surface area contributed by atoms with Gasteiger partial charge in [0.25, 0.3) is 0 Å². The average Bonchev–Trinajstić information content (AvgIpc) is 2.77. The summed E-state index contributed by atoms with van der Waals surface area (Å²) >= 11 is 0. The molecule has 0 rings (SSSR count). The largest absolute Gasteiger partial charge is 0.466 e. The Bertz CT molecular complexity index is 401. The van der Waals surface area contributed by atoms with E-state index in [1.54, 1.807) is 0 Å². The lowest BCUT2D eigenvalue weighted by Gasteiger charge is -2.05. The first-order valence-corrected chi connectivity index (χ1v) is 13.2. The first-order valence-electron chi connectivity index (χ1n) is 13.2. The Balaban J connectivity index is 3.17. The standard InChI is InChI=1S/C26H49FO4/c1-2-3-4-5-6-7-8-9-10-11-12-15-18-21-24-30-25(28)22-19-16-13-14-17-20-23-26(29)31-27/h2-24H2,1H3. The molecule has 5 heteroatoms. The molecule has 0 aliphatic rings. The van der Waals surface area contributed by atoms with Gasteiger partial charge in [-0.25, -0.2) is 4.79 Å². The highest BCUT2D eigenvalue weighted by Gasteiger charge is 2.04. The third-order valence-electron chi connectivity index (χ3n) is 5.86. The maximum Gasteiger partial charge on any atom is 0.348 e. The van der Waals surface area contributed by atoms with E-state index >= 15 is 0 Å². The highest BCUT2D eigenvalue weighted by molar-refractivity contribution is 5.69. The molecule has 0 aromatic rings. The zero-order chi connectivity index (χ0) is 22.8. The number of hydrogen-bond acceptors (Lipinski definition) is 4. The monoisotopic (exact) mass is 444 g/mol. The smallest absolute Gasteiger partial charge is 0.348 e. The van der Waals surface area contributed by atoms with Gasteiger partial charge in [-0.05, 0) is 19.3 Å². The van der Waals surface area contributed by atoms with Crippen molar-refractivity contribution in [2.24, 2.45) is 0 Å². The molecular formula is C26H49FO4. The van der Waals surface area contributed by atoms with Gasteiger partial charge in [-0.3, -0.25) is 9.74 Å². The van der Waals surface area contributed by atoms with E-state index in [0.717, 1.165) is 44.9 Å². The van der Waals surface area contributed by atoms with E-state index in [-0.39, 0.29) is 12.4 Å². The normalized spacial score (nSPS) is 10.9. The zero-order valence-electron chi connectivity index (χ0n) is 20.3. The van der Waals surface area contributed by atoms with Crippen molar-refractivity contribution in [2.45, 2.75) is 148 Å². The molecule has 0 N–H and O–H groups in total. The van der Waals surface area contributed by atoms with Crippen LogP contribution in [0.15, 0.2) is 0 Å². The fourth-order valence-electron chi connectivity index (χ4n) is 3.84. The molecule has 31 heavy (non-hydrogen) atoms. The molecule has 0 aliphatic carbocycles. The number of halogens is 1. The topological polar surface area (TPSA) is 52.6 Å². The Labute approximate surface area is 190 Å². The summed E-state index contributed by atoms with van der Waals surface area (Å²) in [5.74, 6) is -0.873. The minimum Gasteiger partial charge on any atom is -0.466 e. The number of carbonyl (C=O) groups is 2. The molecule has 0 heterocycles. The highest BCUT2D eigenvalue weighted by atomic mass is 19.3. The quantitative estimate of drug-likeness (QED) is 0.110. The zero-order valence-corrected chi connectivity index (χ0v) is 20.3. The van der Waals surface area contributed by atoms with Crippen LogP contribution >= 0.6 is 0 Å². The van der Waals surface area contributed by atoms with Gasteiger partial charge in [-0.1, -0.05) is 116 Å². The second-order valence-corrected chi connectivity index (χ2v) is 8.89. The minimum atomic E-state index is -0.790. The van der Waals surface area contributed by atoms with E-state index in [2.05, 4.69) is 11.9 Å². The molecule has 0 radical (unpaired) electrons. The van der Waals surface area contributed by atoms with E-state index in [0.29, 0.717) is 19.4 Å². The number of ether oxygens (including phenoxy) is 1. The predicted molar refractivity (Wildman–Crippen MR) is 125 cm³/mol. The molecule has 0 aromatic heterocycles. The van der Waals surface area contributed by atoms with Crippen LogP contribution in [0, 0.1) is 0 Å². The van der Waals surface area contributed by atoms with Gasteiger partial charge < -0.3 is 4.74 Å². The Morgan fingerprint density at radius 3 is 1.29 bits per heavy atom. The van der Waals surface area contributed by atoms with Crippen LogP contribution in [-0.2, 0) is 19.3 Å². The van der Waals surface area contributed by atoms with Gasteiger partial charge in [0, 0.05) is 17.4 Å². The van der Waals surface area contributed by atoms with Crippen molar-refractivity contribution in [1.82, 2.24) is 0 Å². The maximum atomic E-state index is 11.7. The van der Waals surface area contributed by atoms with Crippen LogP contribution in [0.2, 0.25) is 0 Å². The molecule has 0 saturated carbocycles. The molecule has 0 unspecified atom stereocenters. The number of unbranched alkanes of at least 4 members (excludes halogenated alkanes) is 18. The number of esters is 1. The molecule has 0 spiro atoms. The summed E-state index contributed by atoms with van der Waals surface area (Å²) in [5, 5.41) is 0. The Morgan fingerprint density at radius 1 is 0.516 bits per heavy atom. The van der Waals surface area contributed by atoms with Crippen molar-refractivity contribution in [3.8, 4) is 0 Å². The highest BCUT2D eigenvalue weighted by Crippen LogP contribution is 2.13. The maximum absolute atomic E-state index is 11.7. The lowest BCUT2D eigenvalue weighted by atomic mass is 10.0. The van der Waals surface area contributed by atoms with Crippen LogP contribution < -0.4 is 0 Å². The fourth-order valence-corrected chi connectivity index (χ4v) is 3.84. The van der Waals surface area contributed by atoms with Crippen LogP contribution in [0.1, 0.15) is 148 Å². The molecule has 0 fully saturated rings. The van der Waals surface area contributed by atoms with Crippen molar-refractivity contribution >= 4 is 11.9 Å². The third kappa shape index (κ3) is 25.0. The van der Waals surface area contributed by atoms with E-state index in [9.17, 15) is 14.1 Å². The molecule has 0 saturated heterocycles. The molecule has 4 nitrogen and oxygen atoms in total. The van der Waals surface area contributed by atoms with Crippen LogP contribution in [0.4, 0.5) is 4.53 Å². The number of hydrogen-bond donors (Lipinski definition) is 0. The van der Waals surface area contributed by atoms with Gasteiger partial charge in [0.15, 0.2) is 0 Å². The van der Waals surface area contributed by atoms with Crippen molar-refractivity contribution in [3.05, 3.63) is 0 Å². The summed E-state index contributed by atoms with van der Waals surface area (Å²) in [7, 11) is 0. The van der Waals surface area contributed by atoms with E-state index in [1.165, 1.54) is 77.0 Å². The lowest BCUT2D eigenvalue weighted by Crippen LogP contribution is -2.05. The van der Waals surface area contributed by atoms with Crippen molar-refractivity contribution in [2.75, 3.05) is 6.61 Å². The van der Waals surface area contributed by atoms with Crippen molar-refractivity contribution < 1.29 is 23.8 Å². The summed E-state index contributed by atoms with van der Waals surface area (Å²) in [4.78, 5) is 25.5. The first kappa shape index (κ1) is 29.9. The van der Waals surface area contributed by atoms with Gasteiger partial charge in [0.2, 0.25) is 0 Å².